The highest BCUT2D eigenvalue weighted by Crippen LogP contribution is 2.31. The van der Waals surface area contributed by atoms with Crippen molar-refractivity contribution in [2.24, 2.45) is 4.99 Å². The topological polar surface area (TPSA) is 89.5 Å². The number of rotatable bonds is 4. The molecular formula is C22H17BrN4O3S. The van der Waals surface area contributed by atoms with Gasteiger partial charge in [0.15, 0.2) is 5.17 Å². The molecular weight excluding hydrogens is 480 g/mol. The van der Waals surface area contributed by atoms with Gasteiger partial charge in [-0.15, -0.1) is 0 Å². The summed E-state index contributed by atoms with van der Waals surface area (Å²) >= 11 is 4.71. The third kappa shape index (κ3) is 4.47. The fourth-order valence-electron chi connectivity index (χ4n) is 3.34. The second kappa shape index (κ2) is 8.52. The fraction of sp³-hybridized carbons (Fsp3) is 0.0909. The SMILES string of the molecule is Cc1cc(/C=C2/SC(=Nc3cccc(Br)c3)NC2=O)c(C)n1-c1ccc([N+](=O)[O-])cc1. The van der Waals surface area contributed by atoms with E-state index in [2.05, 4.69) is 26.2 Å². The third-order valence-electron chi connectivity index (χ3n) is 4.77. The maximum absolute atomic E-state index is 12.5. The first kappa shape index (κ1) is 21.1. The first-order chi connectivity index (χ1) is 14.8. The molecule has 9 heteroatoms. The van der Waals surface area contributed by atoms with E-state index in [9.17, 15) is 14.9 Å². The van der Waals surface area contributed by atoms with Crippen molar-refractivity contribution in [3.05, 3.63) is 91.0 Å². The molecule has 2 heterocycles. The number of amides is 1. The van der Waals surface area contributed by atoms with Crippen molar-refractivity contribution in [2.75, 3.05) is 0 Å². The minimum absolute atomic E-state index is 0.0462. The zero-order chi connectivity index (χ0) is 22.1. The molecule has 0 saturated carbocycles. The predicted molar refractivity (Wildman–Crippen MR) is 127 cm³/mol. The van der Waals surface area contributed by atoms with Crippen LogP contribution in [0.15, 0.2) is 69.0 Å². The summed E-state index contributed by atoms with van der Waals surface area (Å²) in [6.45, 7) is 3.91. The van der Waals surface area contributed by atoms with Gasteiger partial charge in [-0.25, -0.2) is 4.99 Å². The van der Waals surface area contributed by atoms with Gasteiger partial charge in [0.2, 0.25) is 0 Å². The van der Waals surface area contributed by atoms with Gasteiger partial charge in [0.25, 0.3) is 11.6 Å². The second-order valence-electron chi connectivity index (χ2n) is 6.90. The number of halogens is 1. The summed E-state index contributed by atoms with van der Waals surface area (Å²) in [4.78, 5) is 28.0. The maximum Gasteiger partial charge on any atom is 0.269 e. The Balaban J connectivity index is 1.63. The summed E-state index contributed by atoms with van der Waals surface area (Å²) in [6, 6.07) is 15.9. The van der Waals surface area contributed by atoms with E-state index in [1.807, 2.05) is 54.8 Å². The van der Waals surface area contributed by atoms with Crippen LogP contribution in [0.1, 0.15) is 17.0 Å². The molecule has 31 heavy (non-hydrogen) atoms. The van der Waals surface area contributed by atoms with Crippen molar-refractivity contribution < 1.29 is 9.72 Å². The van der Waals surface area contributed by atoms with Crippen LogP contribution < -0.4 is 5.32 Å². The summed E-state index contributed by atoms with van der Waals surface area (Å²) < 4.78 is 2.92. The smallest absolute Gasteiger partial charge is 0.269 e. The van der Waals surface area contributed by atoms with Crippen molar-refractivity contribution in [3.8, 4) is 5.69 Å². The minimum atomic E-state index is -0.418. The average Bonchev–Trinajstić information content (AvgIpc) is 3.20. The van der Waals surface area contributed by atoms with Crippen LogP contribution >= 0.6 is 27.7 Å². The number of nitro benzene ring substituents is 1. The van der Waals surface area contributed by atoms with E-state index in [4.69, 9.17) is 0 Å². The number of nitro groups is 1. The number of amidine groups is 1. The number of nitrogens with zero attached hydrogens (tertiary/aromatic N) is 3. The lowest BCUT2D eigenvalue weighted by Crippen LogP contribution is -2.19. The molecule has 0 spiro atoms. The zero-order valence-electron chi connectivity index (χ0n) is 16.6. The van der Waals surface area contributed by atoms with Crippen molar-refractivity contribution >= 4 is 56.2 Å². The summed E-state index contributed by atoms with van der Waals surface area (Å²) in [5.74, 6) is -0.195. The van der Waals surface area contributed by atoms with Crippen LogP contribution in [0.3, 0.4) is 0 Å². The molecule has 0 unspecified atom stereocenters. The Kier molecular flexibility index (Phi) is 5.79. The van der Waals surface area contributed by atoms with E-state index >= 15 is 0 Å². The van der Waals surface area contributed by atoms with Crippen molar-refractivity contribution in [2.45, 2.75) is 13.8 Å². The number of carbonyl (C=O) groups excluding carboxylic acids is 1. The highest BCUT2D eigenvalue weighted by Gasteiger charge is 2.24. The number of hydrogen-bond donors (Lipinski definition) is 1. The first-order valence-electron chi connectivity index (χ1n) is 9.31. The van der Waals surface area contributed by atoms with E-state index < -0.39 is 4.92 Å². The molecule has 4 rings (SSSR count). The van der Waals surface area contributed by atoms with E-state index in [1.165, 1.54) is 23.9 Å². The highest BCUT2D eigenvalue weighted by atomic mass is 79.9. The standard InChI is InChI=1S/C22H17BrN4O3S/c1-13-10-15(14(2)26(13)18-6-8-19(9-7-18)27(29)30)11-20-21(28)25-22(31-20)24-17-5-3-4-16(23)12-17/h3-12H,1-2H3,(H,24,25,28)/b20-11+. The number of non-ortho nitro benzene ring substituents is 1. The maximum atomic E-state index is 12.5. The van der Waals surface area contributed by atoms with E-state index in [1.54, 1.807) is 12.1 Å². The van der Waals surface area contributed by atoms with Crippen LogP contribution in [0, 0.1) is 24.0 Å². The number of benzene rings is 2. The molecule has 156 valence electrons. The normalized spacial score (nSPS) is 16.2. The van der Waals surface area contributed by atoms with Crippen molar-refractivity contribution in [1.29, 1.82) is 0 Å². The summed E-state index contributed by atoms with van der Waals surface area (Å²) in [7, 11) is 0. The number of aliphatic imine (C=N–C) groups is 1. The summed E-state index contributed by atoms with van der Waals surface area (Å²) in [6.07, 6.45) is 1.84. The van der Waals surface area contributed by atoms with Gasteiger partial charge >= 0.3 is 0 Å². The Morgan fingerprint density at radius 3 is 2.58 bits per heavy atom. The summed E-state index contributed by atoms with van der Waals surface area (Å²) in [5.41, 5.74) is 4.41. The Morgan fingerprint density at radius 1 is 1.16 bits per heavy atom. The monoisotopic (exact) mass is 496 g/mol. The quantitative estimate of drug-likeness (QED) is 0.286. The molecule has 1 aliphatic heterocycles. The number of aryl methyl sites for hydroxylation is 1. The van der Waals surface area contributed by atoms with Crippen molar-refractivity contribution in [1.82, 2.24) is 9.88 Å². The van der Waals surface area contributed by atoms with Crippen LogP contribution in [0.5, 0.6) is 0 Å². The molecule has 1 N–H and O–H groups in total. The van der Waals surface area contributed by atoms with Gasteiger partial charge in [-0.1, -0.05) is 22.0 Å². The predicted octanol–water partition coefficient (Wildman–Crippen LogP) is 5.66. The van der Waals surface area contributed by atoms with Gasteiger partial charge in [0.1, 0.15) is 0 Å². The van der Waals surface area contributed by atoms with Gasteiger partial charge < -0.3 is 9.88 Å². The molecule has 7 nitrogen and oxygen atoms in total. The number of thioether (sulfide) groups is 1. The third-order valence-corrected chi connectivity index (χ3v) is 6.17. The second-order valence-corrected chi connectivity index (χ2v) is 8.84. The summed E-state index contributed by atoms with van der Waals surface area (Å²) in [5, 5.41) is 14.2. The fourth-order valence-corrected chi connectivity index (χ4v) is 4.56. The Labute approximate surface area is 191 Å². The molecule has 1 saturated heterocycles. The Bertz CT molecular complexity index is 1260. The highest BCUT2D eigenvalue weighted by molar-refractivity contribution is 9.10. The Morgan fingerprint density at radius 2 is 1.90 bits per heavy atom. The number of carbonyl (C=O) groups is 1. The van der Waals surface area contributed by atoms with Crippen LogP contribution in [-0.4, -0.2) is 20.6 Å². The average molecular weight is 497 g/mol. The molecule has 2 aromatic carbocycles. The molecule has 1 amide bonds. The lowest BCUT2D eigenvalue weighted by molar-refractivity contribution is -0.384. The zero-order valence-corrected chi connectivity index (χ0v) is 19.0. The van der Waals surface area contributed by atoms with Crippen LogP contribution in [0.25, 0.3) is 11.8 Å². The van der Waals surface area contributed by atoms with Gasteiger partial charge in [0, 0.05) is 33.7 Å². The van der Waals surface area contributed by atoms with Gasteiger partial charge in [-0.2, -0.15) is 0 Å². The van der Waals surface area contributed by atoms with Crippen LogP contribution in [0.4, 0.5) is 11.4 Å². The number of aromatic nitrogens is 1. The molecule has 1 fully saturated rings. The molecule has 0 radical (unpaired) electrons. The first-order valence-corrected chi connectivity index (χ1v) is 10.9. The van der Waals surface area contributed by atoms with E-state index in [-0.39, 0.29) is 11.6 Å². The van der Waals surface area contributed by atoms with Crippen LogP contribution in [-0.2, 0) is 4.79 Å². The molecule has 0 aliphatic carbocycles. The number of hydrogen-bond acceptors (Lipinski definition) is 5. The van der Waals surface area contributed by atoms with Gasteiger partial charge in [0.05, 0.1) is 15.5 Å². The molecule has 1 aromatic heterocycles. The van der Waals surface area contributed by atoms with Crippen molar-refractivity contribution in [3.63, 3.8) is 0 Å². The Hall–Kier alpha value is -3.17. The number of nitrogens with one attached hydrogen (secondary N) is 1. The largest absolute Gasteiger partial charge is 0.318 e. The molecule has 0 bridgehead atoms. The van der Waals surface area contributed by atoms with E-state index in [0.29, 0.717) is 10.1 Å². The minimum Gasteiger partial charge on any atom is -0.318 e. The molecule has 1 aliphatic rings. The molecule has 3 aromatic rings. The van der Waals surface area contributed by atoms with Gasteiger partial charge in [-0.3, -0.25) is 14.9 Å². The van der Waals surface area contributed by atoms with E-state index in [0.717, 1.165) is 32.8 Å². The lowest BCUT2D eigenvalue weighted by atomic mass is 10.2. The van der Waals surface area contributed by atoms with Crippen LogP contribution in [0.2, 0.25) is 0 Å². The molecule has 0 atom stereocenters. The lowest BCUT2D eigenvalue weighted by Gasteiger charge is -2.09. The van der Waals surface area contributed by atoms with Gasteiger partial charge in [-0.05, 0) is 73.6 Å².